The summed E-state index contributed by atoms with van der Waals surface area (Å²) in [7, 11) is 1.91. The van der Waals surface area contributed by atoms with Crippen molar-refractivity contribution < 1.29 is 19.1 Å². The molecule has 0 N–H and O–H groups in total. The maximum Gasteiger partial charge on any atom is 0.343 e. The minimum absolute atomic E-state index is 0.277. The van der Waals surface area contributed by atoms with Gasteiger partial charge in [-0.3, -0.25) is 0 Å². The fraction of sp³-hybridized carbons (Fsp3) is 0.167. The summed E-state index contributed by atoms with van der Waals surface area (Å²) in [6.45, 7) is 3.92. The molecule has 152 valence electrons. The van der Waals surface area contributed by atoms with Crippen LogP contribution in [-0.4, -0.2) is 23.1 Å². The zero-order valence-corrected chi connectivity index (χ0v) is 17.6. The van der Waals surface area contributed by atoms with E-state index in [4.69, 9.17) is 21.1 Å². The molecular formula is C24H20ClNO4. The molecule has 5 nitrogen and oxygen atoms in total. The molecule has 4 rings (SSSR count). The lowest BCUT2D eigenvalue weighted by atomic mass is 10.0. The predicted octanol–water partition coefficient (Wildman–Crippen LogP) is 5.69. The molecule has 0 radical (unpaired) electrons. The molecular weight excluding hydrogens is 402 g/mol. The van der Waals surface area contributed by atoms with Crippen LogP contribution in [0.5, 0.6) is 5.75 Å². The number of rotatable bonds is 4. The highest BCUT2D eigenvalue weighted by molar-refractivity contribution is 6.31. The molecule has 30 heavy (non-hydrogen) atoms. The lowest BCUT2D eigenvalue weighted by Crippen LogP contribution is -2.09. The van der Waals surface area contributed by atoms with Gasteiger partial charge in [0.15, 0.2) is 0 Å². The predicted molar refractivity (Wildman–Crippen MR) is 118 cm³/mol. The van der Waals surface area contributed by atoms with E-state index in [2.05, 4.69) is 0 Å². The first kappa shape index (κ1) is 20.0. The quantitative estimate of drug-likeness (QED) is 0.314. The number of halogens is 1. The number of fused-ring (bicyclic) bond motifs is 3. The Balaban J connectivity index is 1.94. The van der Waals surface area contributed by atoms with E-state index in [1.807, 2.05) is 42.8 Å². The monoisotopic (exact) mass is 421 g/mol. The van der Waals surface area contributed by atoms with Crippen LogP contribution in [0.4, 0.5) is 0 Å². The van der Waals surface area contributed by atoms with Crippen LogP contribution in [0.15, 0.2) is 54.6 Å². The van der Waals surface area contributed by atoms with E-state index in [9.17, 15) is 9.59 Å². The van der Waals surface area contributed by atoms with Crippen molar-refractivity contribution in [1.82, 2.24) is 4.57 Å². The smallest absolute Gasteiger partial charge is 0.343 e. The molecule has 0 amide bonds. The Bertz CT molecular complexity index is 1310. The molecule has 0 aliphatic carbocycles. The molecule has 0 saturated carbocycles. The van der Waals surface area contributed by atoms with Crippen molar-refractivity contribution in [3.05, 3.63) is 76.4 Å². The molecule has 1 aromatic heterocycles. The average Bonchev–Trinajstić information content (AvgIpc) is 2.98. The molecule has 0 bridgehead atoms. The number of carbonyl (C=O) groups excluding carboxylic acids is 2. The third-order valence-corrected chi connectivity index (χ3v) is 5.43. The Morgan fingerprint density at radius 2 is 1.70 bits per heavy atom. The Labute approximate surface area is 178 Å². The van der Waals surface area contributed by atoms with Crippen molar-refractivity contribution in [2.45, 2.75) is 13.8 Å². The Morgan fingerprint density at radius 3 is 2.40 bits per heavy atom. The van der Waals surface area contributed by atoms with Gasteiger partial charge in [0.05, 0.1) is 23.3 Å². The summed E-state index contributed by atoms with van der Waals surface area (Å²) >= 11 is 6.01. The number of esters is 2. The molecule has 1 heterocycles. The largest absolute Gasteiger partial charge is 0.462 e. The third-order valence-electron chi connectivity index (χ3n) is 5.19. The Hall–Kier alpha value is -3.31. The zero-order valence-electron chi connectivity index (χ0n) is 16.9. The summed E-state index contributed by atoms with van der Waals surface area (Å²) in [6.07, 6.45) is 0. The highest BCUT2D eigenvalue weighted by Crippen LogP contribution is 2.38. The van der Waals surface area contributed by atoms with Crippen LogP contribution in [0, 0.1) is 6.92 Å². The standard InChI is InChI=1S/C24H20ClNO4/c1-4-29-24(28)21-14(2)26(3)22-18-11-6-5-10-17(18)20(13-19(21)22)30-23(27)15-8-7-9-16(25)12-15/h5-13H,4H2,1-3H3. The second kappa shape index (κ2) is 7.84. The van der Waals surface area contributed by atoms with Gasteiger partial charge in [-0.2, -0.15) is 0 Å². The van der Waals surface area contributed by atoms with Crippen LogP contribution >= 0.6 is 11.6 Å². The van der Waals surface area contributed by atoms with Crippen molar-refractivity contribution in [2.75, 3.05) is 6.61 Å². The lowest BCUT2D eigenvalue weighted by Gasteiger charge is -2.11. The van der Waals surface area contributed by atoms with Crippen molar-refractivity contribution in [3.63, 3.8) is 0 Å². The summed E-state index contributed by atoms with van der Waals surface area (Å²) in [4.78, 5) is 25.4. The van der Waals surface area contributed by atoms with Gasteiger partial charge in [0.2, 0.25) is 0 Å². The average molecular weight is 422 g/mol. The van der Waals surface area contributed by atoms with E-state index in [0.29, 0.717) is 27.3 Å². The van der Waals surface area contributed by atoms with E-state index in [1.165, 1.54) is 0 Å². The molecule has 0 spiro atoms. The lowest BCUT2D eigenvalue weighted by molar-refractivity contribution is 0.0527. The second-order valence-corrected chi connectivity index (χ2v) is 7.39. The van der Waals surface area contributed by atoms with Gasteiger partial charge in [0, 0.05) is 33.9 Å². The second-order valence-electron chi connectivity index (χ2n) is 6.96. The van der Waals surface area contributed by atoms with E-state index in [1.54, 1.807) is 37.3 Å². The Morgan fingerprint density at radius 1 is 0.967 bits per heavy atom. The maximum absolute atomic E-state index is 12.8. The summed E-state index contributed by atoms with van der Waals surface area (Å²) in [5.41, 5.74) is 2.49. The van der Waals surface area contributed by atoms with Crippen molar-refractivity contribution in [3.8, 4) is 5.75 Å². The van der Waals surface area contributed by atoms with E-state index in [0.717, 1.165) is 22.0 Å². The summed E-state index contributed by atoms with van der Waals surface area (Å²) in [5, 5.41) is 2.79. The van der Waals surface area contributed by atoms with Gasteiger partial charge in [-0.1, -0.05) is 41.9 Å². The molecule has 0 aliphatic rings. The normalized spacial score (nSPS) is 11.1. The van der Waals surface area contributed by atoms with Crippen molar-refractivity contribution >= 4 is 45.2 Å². The van der Waals surface area contributed by atoms with Crippen molar-refractivity contribution in [2.24, 2.45) is 7.05 Å². The van der Waals surface area contributed by atoms with Gasteiger partial charge in [-0.05, 0) is 38.1 Å². The highest BCUT2D eigenvalue weighted by Gasteiger charge is 2.23. The highest BCUT2D eigenvalue weighted by atomic mass is 35.5. The minimum atomic E-state index is -0.521. The number of benzene rings is 3. The first-order valence-electron chi connectivity index (χ1n) is 9.58. The number of carbonyl (C=O) groups is 2. The minimum Gasteiger partial charge on any atom is -0.462 e. The molecule has 4 aromatic rings. The van der Waals surface area contributed by atoms with E-state index >= 15 is 0 Å². The number of ether oxygens (including phenoxy) is 2. The molecule has 0 saturated heterocycles. The topological polar surface area (TPSA) is 57.5 Å². The molecule has 0 atom stereocenters. The first-order chi connectivity index (χ1) is 14.4. The molecule has 0 fully saturated rings. The van der Waals surface area contributed by atoms with Gasteiger partial charge < -0.3 is 14.0 Å². The van der Waals surface area contributed by atoms with Gasteiger partial charge in [-0.15, -0.1) is 0 Å². The molecule has 0 aliphatic heterocycles. The molecule has 6 heteroatoms. The van der Waals surface area contributed by atoms with Crippen LogP contribution in [0.1, 0.15) is 33.3 Å². The SMILES string of the molecule is CCOC(=O)c1c(C)n(C)c2c1cc(OC(=O)c1cccc(Cl)c1)c1ccccc12. The summed E-state index contributed by atoms with van der Waals surface area (Å²) < 4.78 is 13.0. The number of aryl methyl sites for hydroxylation is 1. The van der Waals surface area contributed by atoms with Gasteiger partial charge in [0.25, 0.3) is 0 Å². The number of aromatic nitrogens is 1. The first-order valence-corrected chi connectivity index (χ1v) is 9.95. The van der Waals surface area contributed by atoms with Crippen LogP contribution in [0.3, 0.4) is 0 Å². The van der Waals surface area contributed by atoms with Crippen molar-refractivity contribution in [1.29, 1.82) is 0 Å². The fourth-order valence-corrected chi connectivity index (χ4v) is 3.92. The summed E-state index contributed by atoms with van der Waals surface area (Å²) in [6, 6.07) is 16.0. The third kappa shape index (κ3) is 3.31. The maximum atomic E-state index is 12.8. The van der Waals surface area contributed by atoms with E-state index in [-0.39, 0.29) is 6.61 Å². The van der Waals surface area contributed by atoms with Gasteiger partial charge in [-0.25, -0.2) is 9.59 Å². The van der Waals surface area contributed by atoms with Gasteiger partial charge >= 0.3 is 11.9 Å². The van der Waals surface area contributed by atoms with Crippen LogP contribution in [0.25, 0.3) is 21.7 Å². The number of hydrogen-bond donors (Lipinski definition) is 0. The molecule has 3 aromatic carbocycles. The number of hydrogen-bond acceptors (Lipinski definition) is 4. The number of nitrogens with zero attached hydrogens (tertiary/aromatic N) is 1. The Kier molecular flexibility index (Phi) is 5.22. The van der Waals surface area contributed by atoms with E-state index < -0.39 is 11.9 Å². The van der Waals surface area contributed by atoms with Crippen LogP contribution < -0.4 is 4.74 Å². The van der Waals surface area contributed by atoms with Crippen LogP contribution in [-0.2, 0) is 11.8 Å². The zero-order chi connectivity index (χ0) is 21.4. The van der Waals surface area contributed by atoms with Gasteiger partial charge in [0.1, 0.15) is 5.75 Å². The molecule has 0 unspecified atom stereocenters. The fourth-order valence-electron chi connectivity index (χ4n) is 3.73. The summed E-state index contributed by atoms with van der Waals surface area (Å²) in [5.74, 6) is -0.547. The van der Waals surface area contributed by atoms with Crippen LogP contribution in [0.2, 0.25) is 5.02 Å².